The van der Waals surface area contributed by atoms with Gasteiger partial charge in [-0.05, 0) is 0 Å². The van der Waals surface area contributed by atoms with Crippen LogP contribution < -0.4 is 0 Å². The number of rotatable bonds is 14. The monoisotopic (exact) mass is 542 g/mol. The quantitative estimate of drug-likeness (QED) is 0.151. The molecule has 0 heterocycles. The van der Waals surface area contributed by atoms with Gasteiger partial charge in [0.1, 0.15) is 0 Å². The van der Waals surface area contributed by atoms with Crippen LogP contribution in [0.3, 0.4) is 0 Å². The molecule has 0 N–H and O–H groups in total. The zero-order chi connectivity index (χ0) is 23.2. The number of hydrogen-bond donors (Lipinski definition) is 0. The van der Waals surface area contributed by atoms with Crippen LogP contribution in [0.15, 0.2) is 34.4 Å². The Morgan fingerprint density at radius 3 is 1.26 bits per heavy atom. The molecule has 0 aliphatic heterocycles. The van der Waals surface area contributed by atoms with E-state index in [-0.39, 0.29) is 0 Å². The van der Waals surface area contributed by atoms with Crippen LogP contribution in [0.1, 0.15) is 130 Å². The van der Waals surface area contributed by atoms with Gasteiger partial charge in [-0.2, -0.15) is 12.2 Å². The Labute approximate surface area is 213 Å². The minimum absolute atomic E-state index is 0.826. The molecule has 0 saturated carbocycles. The Morgan fingerprint density at radius 1 is 0.645 bits per heavy atom. The van der Waals surface area contributed by atoms with Gasteiger partial charge in [-0.15, -0.1) is 26.7 Å². The summed E-state index contributed by atoms with van der Waals surface area (Å²) in [5, 5.41) is 0. The van der Waals surface area contributed by atoms with Crippen LogP contribution in [0, 0.1) is 12.2 Å². The number of halogens is 2. The van der Waals surface area contributed by atoms with E-state index in [0.29, 0.717) is 0 Å². The van der Waals surface area contributed by atoms with Gasteiger partial charge in [-0.1, -0.05) is 104 Å². The van der Waals surface area contributed by atoms with Gasteiger partial charge < -0.3 is 0 Å². The summed E-state index contributed by atoms with van der Waals surface area (Å²) in [5.74, 6) is 0. The average molecular weight is 545 g/mol. The summed E-state index contributed by atoms with van der Waals surface area (Å²) in [5.41, 5.74) is 5.91. The second-order valence-corrected chi connectivity index (χ2v) is 12.3. The van der Waals surface area contributed by atoms with Crippen LogP contribution in [-0.4, -0.2) is 0 Å². The molecule has 2 rings (SSSR count). The van der Waals surface area contributed by atoms with Crippen molar-refractivity contribution >= 4 is 17.0 Å². The molecule has 0 fully saturated rings. The Bertz CT molecular complexity index is 495. The average Bonchev–Trinajstić information content (AvgIpc) is 3.36. The Balaban J connectivity index is 0.000000516. The third kappa shape index (κ3) is 18.5. The Kier molecular flexibility index (Phi) is 23.9. The van der Waals surface area contributed by atoms with Crippen LogP contribution in [0.2, 0.25) is 0 Å². The molecular formula is C28H46Cl2Zr. The van der Waals surface area contributed by atoms with Crippen molar-refractivity contribution in [2.45, 2.75) is 130 Å². The van der Waals surface area contributed by atoms with Gasteiger partial charge in [0, 0.05) is 0 Å². The first-order valence-electron chi connectivity index (χ1n) is 12.6. The maximum absolute atomic E-state index is 4.93. The molecule has 2 aliphatic carbocycles. The molecule has 0 unspecified atom stereocenters. The first-order chi connectivity index (χ1) is 15.1. The summed E-state index contributed by atoms with van der Waals surface area (Å²) in [4.78, 5) is 0. The van der Waals surface area contributed by atoms with E-state index in [1.54, 1.807) is 0 Å². The Hall–Kier alpha value is 0.423. The van der Waals surface area contributed by atoms with Crippen molar-refractivity contribution in [1.82, 2.24) is 0 Å². The van der Waals surface area contributed by atoms with E-state index >= 15 is 0 Å². The molecule has 0 bridgehead atoms. The van der Waals surface area contributed by atoms with Crippen LogP contribution in [-0.2, 0) is 20.8 Å². The molecule has 0 amide bonds. The van der Waals surface area contributed by atoms with E-state index in [1.165, 1.54) is 112 Å². The second kappa shape index (κ2) is 23.6. The summed E-state index contributed by atoms with van der Waals surface area (Å²) in [7, 11) is 9.87. The van der Waals surface area contributed by atoms with Crippen molar-refractivity contribution in [3.63, 3.8) is 0 Å². The predicted molar refractivity (Wildman–Crippen MR) is 138 cm³/mol. The zero-order valence-electron chi connectivity index (χ0n) is 20.7. The molecule has 0 aromatic rings. The molecule has 0 saturated heterocycles. The first-order valence-corrected chi connectivity index (χ1v) is 18.9. The van der Waals surface area contributed by atoms with Crippen LogP contribution in [0.4, 0.5) is 0 Å². The van der Waals surface area contributed by atoms with Crippen LogP contribution in [0.25, 0.3) is 0 Å². The SMILES string of the molecule is CCCCCCCCC1=[C-]CC=C1C.CCCCCCCCC1=[C-]CC=C1C.[Cl][Zr+2][Cl]. The third-order valence-electron chi connectivity index (χ3n) is 5.96. The molecule has 2 aliphatic rings. The fraction of sp³-hybridized carbons (Fsp3) is 0.714. The van der Waals surface area contributed by atoms with Crippen molar-refractivity contribution in [3.05, 3.63) is 46.6 Å². The summed E-state index contributed by atoms with van der Waals surface area (Å²) < 4.78 is 0. The fourth-order valence-electron chi connectivity index (χ4n) is 3.92. The first kappa shape index (κ1) is 31.4. The molecule has 0 spiro atoms. The number of unbranched alkanes of at least 4 members (excludes halogenated alkanes) is 10. The van der Waals surface area contributed by atoms with Crippen LogP contribution >= 0.6 is 17.0 Å². The number of hydrogen-bond acceptors (Lipinski definition) is 0. The van der Waals surface area contributed by atoms with E-state index in [9.17, 15) is 0 Å². The van der Waals surface area contributed by atoms with E-state index in [4.69, 9.17) is 17.0 Å². The third-order valence-corrected chi connectivity index (χ3v) is 5.96. The van der Waals surface area contributed by atoms with Gasteiger partial charge in [-0.25, -0.2) is 22.3 Å². The maximum atomic E-state index is 4.93. The van der Waals surface area contributed by atoms with E-state index in [2.05, 4.69) is 52.0 Å². The molecule has 3 heteroatoms. The van der Waals surface area contributed by atoms with Gasteiger partial charge in [0.05, 0.1) is 0 Å². The second-order valence-electron chi connectivity index (χ2n) is 8.60. The molecule has 0 atom stereocenters. The normalized spacial score (nSPS) is 14.4. The molecule has 176 valence electrons. The summed E-state index contributed by atoms with van der Waals surface area (Å²) >= 11 is -0.826. The molecular weight excluding hydrogens is 498 g/mol. The fourth-order valence-corrected chi connectivity index (χ4v) is 3.92. The summed E-state index contributed by atoms with van der Waals surface area (Å²) in [6, 6.07) is 0. The van der Waals surface area contributed by atoms with E-state index < -0.39 is 20.8 Å². The molecule has 0 nitrogen and oxygen atoms in total. The van der Waals surface area contributed by atoms with Crippen molar-refractivity contribution < 1.29 is 20.8 Å². The van der Waals surface area contributed by atoms with Gasteiger partial charge in [0.2, 0.25) is 0 Å². The topological polar surface area (TPSA) is 0 Å². The van der Waals surface area contributed by atoms with Gasteiger partial charge in [0.25, 0.3) is 0 Å². The number of allylic oxidation sites excluding steroid dienone is 8. The molecule has 0 radical (unpaired) electrons. The Morgan fingerprint density at radius 2 is 0.968 bits per heavy atom. The van der Waals surface area contributed by atoms with E-state index in [0.717, 1.165) is 12.8 Å². The van der Waals surface area contributed by atoms with Crippen molar-refractivity contribution in [2.75, 3.05) is 0 Å². The van der Waals surface area contributed by atoms with Crippen LogP contribution in [0.5, 0.6) is 0 Å². The van der Waals surface area contributed by atoms with Crippen molar-refractivity contribution in [2.24, 2.45) is 0 Å². The van der Waals surface area contributed by atoms with Gasteiger partial charge in [-0.3, -0.25) is 12.2 Å². The standard InChI is InChI=1S/2C14H23.2ClH.Zr/c2*1-3-4-5-6-7-8-11-14-12-9-10-13(14)2;;;/h2*10H,3-9,11H2,1-2H3;2*1H;/q2*-1;;;+4/p-2. The molecule has 0 aromatic heterocycles. The zero-order valence-corrected chi connectivity index (χ0v) is 24.7. The van der Waals surface area contributed by atoms with Crippen molar-refractivity contribution in [3.8, 4) is 0 Å². The predicted octanol–water partition coefficient (Wildman–Crippen LogP) is 11.0. The molecule has 31 heavy (non-hydrogen) atoms. The van der Waals surface area contributed by atoms with E-state index in [1.807, 2.05) is 0 Å². The van der Waals surface area contributed by atoms with Gasteiger partial charge in [0.15, 0.2) is 0 Å². The summed E-state index contributed by atoms with van der Waals surface area (Å²) in [6.07, 6.45) is 32.8. The van der Waals surface area contributed by atoms with Gasteiger partial charge >= 0.3 is 37.9 Å². The molecule has 0 aromatic carbocycles. The summed E-state index contributed by atoms with van der Waals surface area (Å²) in [6.45, 7) is 8.97. The van der Waals surface area contributed by atoms with Crippen molar-refractivity contribution in [1.29, 1.82) is 0 Å². The minimum atomic E-state index is -0.826.